The average molecular weight is 334 g/mol. The molecule has 2 aromatic heterocycles. The van der Waals surface area contributed by atoms with E-state index in [2.05, 4.69) is 39.3 Å². The molecule has 0 saturated carbocycles. The van der Waals surface area contributed by atoms with Crippen LogP contribution < -0.4 is 5.32 Å². The third-order valence-corrected chi connectivity index (χ3v) is 3.98. The fourth-order valence-electron chi connectivity index (χ4n) is 2.68. The second-order valence-electron chi connectivity index (χ2n) is 5.76. The Morgan fingerprint density at radius 2 is 1.84 bits per heavy atom. The van der Waals surface area contributed by atoms with E-state index in [1.165, 1.54) is 0 Å². The highest BCUT2D eigenvalue weighted by Gasteiger charge is 2.13. The fourth-order valence-corrected chi connectivity index (χ4v) is 2.68. The van der Waals surface area contributed by atoms with Crippen molar-refractivity contribution in [2.45, 2.75) is 25.8 Å². The lowest BCUT2D eigenvalue weighted by molar-refractivity contribution is 0.280. The lowest BCUT2D eigenvalue weighted by Crippen LogP contribution is -2.14. The predicted molar refractivity (Wildman–Crippen MR) is 99.1 cm³/mol. The van der Waals surface area contributed by atoms with Crippen LogP contribution in [-0.2, 0) is 6.42 Å². The molecule has 0 amide bonds. The van der Waals surface area contributed by atoms with Crippen molar-refractivity contribution < 1.29 is 5.11 Å². The Balaban J connectivity index is 1.92. The summed E-state index contributed by atoms with van der Waals surface area (Å²) < 4.78 is 0. The van der Waals surface area contributed by atoms with Crippen molar-refractivity contribution in [3.8, 4) is 11.5 Å². The Morgan fingerprint density at radius 3 is 2.52 bits per heavy atom. The molecule has 128 valence electrons. The van der Waals surface area contributed by atoms with Gasteiger partial charge in [-0.15, -0.1) is 0 Å². The van der Waals surface area contributed by atoms with Crippen molar-refractivity contribution in [2.75, 3.05) is 11.9 Å². The van der Waals surface area contributed by atoms with Crippen LogP contribution in [0.15, 0.2) is 60.8 Å². The molecule has 1 atom stereocenters. The third kappa shape index (κ3) is 4.39. The summed E-state index contributed by atoms with van der Waals surface area (Å²) in [6.07, 6.45) is 3.16. The van der Waals surface area contributed by atoms with Gasteiger partial charge in [-0.25, -0.2) is 9.97 Å². The minimum Gasteiger partial charge on any atom is -0.396 e. The molecule has 2 N–H and O–H groups in total. The molecule has 0 aliphatic heterocycles. The van der Waals surface area contributed by atoms with E-state index in [-0.39, 0.29) is 12.6 Å². The Labute approximate surface area is 147 Å². The van der Waals surface area contributed by atoms with Gasteiger partial charge in [0.2, 0.25) is 0 Å². The molecule has 0 aliphatic rings. The van der Waals surface area contributed by atoms with E-state index in [0.29, 0.717) is 12.2 Å². The molecule has 2 heterocycles. The summed E-state index contributed by atoms with van der Waals surface area (Å²) in [4.78, 5) is 13.6. The monoisotopic (exact) mass is 334 g/mol. The van der Waals surface area contributed by atoms with Crippen molar-refractivity contribution in [1.29, 1.82) is 0 Å². The van der Waals surface area contributed by atoms with Gasteiger partial charge in [0.25, 0.3) is 0 Å². The maximum Gasteiger partial charge on any atom is 0.180 e. The van der Waals surface area contributed by atoms with Crippen molar-refractivity contribution in [3.05, 3.63) is 72.1 Å². The lowest BCUT2D eigenvalue weighted by Gasteiger charge is -2.19. The maximum atomic E-state index is 9.43. The van der Waals surface area contributed by atoms with Crippen molar-refractivity contribution >= 4 is 5.82 Å². The van der Waals surface area contributed by atoms with E-state index >= 15 is 0 Å². The first-order chi connectivity index (χ1) is 12.3. The molecule has 5 heteroatoms. The number of aromatic nitrogens is 3. The fraction of sp³-hybridized carbons (Fsp3) is 0.250. The highest BCUT2D eigenvalue weighted by atomic mass is 16.3. The van der Waals surface area contributed by atoms with Gasteiger partial charge in [0.1, 0.15) is 11.5 Å². The first-order valence-corrected chi connectivity index (χ1v) is 8.52. The van der Waals surface area contributed by atoms with Crippen LogP contribution in [0.25, 0.3) is 11.5 Å². The van der Waals surface area contributed by atoms with Gasteiger partial charge in [-0.05, 0) is 30.5 Å². The Kier molecular flexibility index (Phi) is 5.69. The van der Waals surface area contributed by atoms with E-state index in [1.807, 2.05) is 42.5 Å². The quantitative estimate of drug-likeness (QED) is 0.690. The van der Waals surface area contributed by atoms with Gasteiger partial charge in [-0.1, -0.05) is 43.3 Å². The topological polar surface area (TPSA) is 70.9 Å². The molecule has 3 rings (SSSR count). The molecule has 0 aliphatic carbocycles. The van der Waals surface area contributed by atoms with Gasteiger partial charge in [-0.3, -0.25) is 4.98 Å². The van der Waals surface area contributed by atoms with Crippen LogP contribution in [0.1, 0.15) is 30.6 Å². The highest BCUT2D eigenvalue weighted by molar-refractivity contribution is 5.53. The number of aliphatic hydroxyl groups is 1. The molecule has 0 unspecified atom stereocenters. The molecule has 0 spiro atoms. The summed E-state index contributed by atoms with van der Waals surface area (Å²) in [7, 11) is 0. The summed E-state index contributed by atoms with van der Waals surface area (Å²) >= 11 is 0. The molecule has 0 saturated heterocycles. The van der Waals surface area contributed by atoms with Crippen LogP contribution in [0, 0.1) is 0 Å². The molecular weight excluding hydrogens is 312 g/mol. The minimum absolute atomic E-state index is 0.0117. The zero-order chi connectivity index (χ0) is 17.5. The number of benzene rings is 1. The number of rotatable bonds is 7. The van der Waals surface area contributed by atoms with E-state index in [0.717, 1.165) is 29.2 Å². The van der Waals surface area contributed by atoms with Gasteiger partial charge in [0.15, 0.2) is 5.82 Å². The molecule has 0 radical (unpaired) electrons. The van der Waals surface area contributed by atoms with Crippen LogP contribution in [0.3, 0.4) is 0 Å². The summed E-state index contributed by atoms with van der Waals surface area (Å²) in [5.41, 5.74) is 2.82. The Hall–Kier alpha value is -2.79. The van der Waals surface area contributed by atoms with Crippen molar-refractivity contribution in [2.24, 2.45) is 0 Å². The van der Waals surface area contributed by atoms with E-state index in [1.54, 1.807) is 6.20 Å². The van der Waals surface area contributed by atoms with E-state index in [9.17, 15) is 5.11 Å². The Bertz CT molecular complexity index is 793. The second kappa shape index (κ2) is 8.35. The summed E-state index contributed by atoms with van der Waals surface area (Å²) in [6.45, 7) is 2.17. The second-order valence-corrected chi connectivity index (χ2v) is 5.76. The number of pyridine rings is 1. The number of hydrogen-bond acceptors (Lipinski definition) is 5. The van der Waals surface area contributed by atoms with E-state index in [4.69, 9.17) is 0 Å². The van der Waals surface area contributed by atoms with Gasteiger partial charge >= 0.3 is 0 Å². The minimum atomic E-state index is -0.0117. The molecule has 5 nitrogen and oxygen atoms in total. The zero-order valence-electron chi connectivity index (χ0n) is 14.3. The predicted octanol–water partition coefficient (Wildman–Crippen LogP) is 3.64. The molecule has 0 bridgehead atoms. The number of hydrogen-bond donors (Lipinski definition) is 2. The number of anilines is 1. The molecule has 3 aromatic rings. The molecule has 25 heavy (non-hydrogen) atoms. The number of aryl methyl sites for hydroxylation is 1. The molecular formula is C20H22N4O. The van der Waals surface area contributed by atoms with Crippen LogP contribution in [0.5, 0.6) is 0 Å². The van der Waals surface area contributed by atoms with Crippen LogP contribution in [-0.4, -0.2) is 26.7 Å². The van der Waals surface area contributed by atoms with Crippen molar-refractivity contribution in [1.82, 2.24) is 15.0 Å². The summed E-state index contributed by atoms with van der Waals surface area (Å²) in [5.74, 6) is 1.35. The standard InChI is InChI=1S/C20H22N4O/c1-2-16-14-19(24-20(22-16)18-10-6-7-12-21-18)23-17(11-13-25)15-8-4-3-5-9-15/h3-10,12,14,17,25H,2,11,13H2,1H3,(H,22,23,24)/t17-/m0/s1. The normalized spacial score (nSPS) is 11.9. The molecule has 0 fully saturated rings. The summed E-state index contributed by atoms with van der Waals surface area (Å²) in [6, 6.07) is 17.7. The van der Waals surface area contributed by atoms with Crippen LogP contribution in [0.4, 0.5) is 5.82 Å². The van der Waals surface area contributed by atoms with Crippen molar-refractivity contribution in [3.63, 3.8) is 0 Å². The van der Waals surface area contributed by atoms with Gasteiger partial charge in [0.05, 0.1) is 6.04 Å². The van der Waals surface area contributed by atoms with E-state index < -0.39 is 0 Å². The number of aliphatic hydroxyl groups excluding tert-OH is 1. The van der Waals surface area contributed by atoms with Crippen LogP contribution >= 0.6 is 0 Å². The van der Waals surface area contributed by atoms with Crippen LogP contribution in [0.2, 0.25) is 0 Å². The van der Waals surface area contributed by atoms with Gasteiger partial charge in [-0.2, -0.15) is 0 Å². The Morgan fingerprint density at radius 1 is 1.04 bits per heavy atom. The third-order valence-electron chi connectivity index (χ3n) is 3.98. The largest absolute Gasteiger partial charge is 0.396 e. The molecule has 1 aromatic carbocycles. The number of nitrogens with one attached hydrogen (secondary N) is 1. The van der Waals surface area contributed by atoms with Gasteiger partial charge < -0.3 is 10.4 Å². The first-order valence-electron chi connectivity index (χ1n) is 8.52. The maximum absolute atomic E-state index is 9.43. The number of nitrogens with zero attached hydrogens (tertiary/aromatic N) is 3. The summed E-state index contributed by atoms with van der Waals surface area (Å²) in [5, 5.41) is 12.9. The highest BCUT2D eigenvalue weighted by Crippen LogP contribution is 2.23. The smallest absolute Gasteiger partial charge is 0.180 e. The SMILES string of the molecule is CCc1cc(N[C@@H](CCO)c2ccccc2)nc(-c2ccccn2)n1. The zero-order valence-corrected chi connectivity index (χ0v) is 14.3. The lowest BCUT2D eigenvalue weighted by atomic mass is 10.0. The average Bonchev–Trinajstić information content (AvgIpc) is 2.69. The first kappa shape index (κ1) is 17.0. The van der Waals surface area contributed by atoms with Gasteiger partial charge in [0, 0.05) is 24.6 Å².